The predicted octanol–water partition coefficient (Wildman–Crippen LogP) is 1.72. The maximum absolute atomic E-state index is 10.2. The van der Waals surface area contributed by atoms with Crippen molar-refractivity contribution < 1.29 is 14.7 Å². The Labute approximate surface area is 93.4 Å². The Morgan fingerprint density at radius 3 is 2.56 bits per heavy atom. The molecule has 0 atom stereocenters. The number of carbonyl (C=O) groups excluding carboxylic acids is 1. The van der Waals surface area contributed by atoms with E-state index in [9.17, 15) is 9.59 Å². The summed E-state index contributed by atoms with van der Waals surface area (Å²) >= 11 is 0. The highest BCUT2D eigenvalue weighted by Crippen LogP contribution is 2.04. The molecule has 0 aliphatic heterocycles. The summed E-state index contributed by atoms with van der Waals surface area (Å²) in [6.45, 7) is 0. The standard InChI is InChI=1S/C13H10O3/c14-10-2-4-12-8-6-11(7-9-12)3-1-5-13(15)16/h2,4,6-10H,5H2,(H,15,16)/b4-2+. The third-order valence-corrected chi connectivity index (χ3v) is 1.75. The number of carboxylic acids is 1. The Kier molecular flexibility index (Phi) is 4.55. The van der Waals surface area contributed by atoms with Gasteiger partial charge in [-0.25, -0.2) is 0 Å². The van der Waals surface area contributed by atoms with Gasteiger partial charge in [-0.15, -0.1) is 0 Å². The maximum Gasteiger partial charge on any atom is 0.315 e. The largest absolute Gasteiger partial charge is 0.481 e. The van der Waals surface area contributed by atoms with Gasteiger partial charge in [-0.1, -0.05) is 30.0 Å². The Morgan fingerprint density at radius 2 is 2.00 bits per heavy atom. The summed E-state index contributed by atoms with van der Waals surface area (Å²) in [5.74, 6) is 4.34. The molecule has 0 bridgehead atoms. The molecule has 1 N–H and O–H groups in total. The second-order valence-corrected chi connectivity index (χ2v) is 2.99. The highest BCUT2D eigenvalue weighted by Gasteiger charge is 1.90. The molecule has 0 fully saturated rings. The number of hydrogen-bond donors (Lipinski definition) is 1. The van der Waals surface area contributed by atoms with Crippen molar-refractivity contribution in [1.82, 2.24) is 0 Å². The second kappa shape index (κ2) is 6.20. The molecule has 1 aromatic carbocycles. The van der Waals surface area contributed by atoms with E-state index in [-0.39, 0.29) is 6.42 Å². The van der Waals surface area contributed by atoms with Crippen LogP contribution in [0, 0.1) is 11.8 Å². The van der Waals surface area contributed by atoms with Crippen LogP contribution in [0.15, 0.2) is 30.3 Å². The first-order valence-corrected chi connectivity index (χ1v) is 4.65. The number of benzene rings is 1. The van der Waals surface area contributed by atoms with Gasteiger partial charge < -0.3 is 5.11 Å². The summed E-state index contributed by atoms with van der Waals surface area (Å²) in [4.78, 5) is 20.3. The smallest absolute Gasteiger partial charge is 0.315 e. The number of aldehydes is 1. The molecule has 1 rings (SSSR count). The van der Waals surface area contributed by atoms with Crippen molar-refractivity contribution in [1.29, 1.82) is 0 Å². The normalized spacial score (nSPS) is 9.50. The predicted molar refractivity (Wildman–Crippen MR) is 60.7 cm³/mol. The van der Waals surface area contributed by atoms with Crippen LogP contribution in [0.2, 0.25) is 0 Å². The van der Waals surface area contributed by atoms with E-state index in [0.717, 1.165) is 11.1 Å². The van der Waals surface area contributed by atoms with Gasteiger partial charge >= 0.3 is 5.97 Å². The monoisotopic (exact) mass is 214 g/mol. The van der Waals surface area contributed by atoms with Crippen molar-refractivity contribution >= 4 is 18.3 Å². The van der Waals surface area contributed by atoms with Crippen molar-refractivity contribution in [3.8, 4) is 11.8 Å². The number of carboxylic acid groups (broad SMARTS) is 1. The molecule has 0 saturated carbocycles. The van der Waals surface area contributed by atoms with E-state index in [1.54, 1.807) is 18.2 Å². The molecular formula is C13H10O3. The molecule has 0 saturated heterocycles. The molecule has 3 heteroatoms. The van der Waals surface area contributed by atoms with Gasteiger partial charge in [0.2, 0.25) is 0 Å². The summed E-state index contributed by atoms with van der Waals surface area (Å²) in [6, 6.07) is 7.17. The second-order valence-electron chi connectivity index (χ2n) is 2.99. The van der Waals surface area contributed by atoms with Crippen LogP contribution in [0.25, 0.3) is 6.08 Å². The van der Waals surface area contributed by atoms with Crippen LogP contribution in [-0.2, 0) is 9.59 Å². The first kappa shape index (κ1) is 11.7. The van der Waals surface area contributed by atoms with Crippen molar-refractivity contribution in [3.63, 3.8) is 0 Å². The third-order valence-electron chi connectivity index (χ3n) is 1.75. The van der Waals surface area contributed by atoms with E-state index in [2.05, 4.69) is 11.8 Å². The highest BCUT2D eigenvalue weighted by atomic mass is 16.4. The lowest BCUT2D eigenvalue weighted by molar-refractivity contribution is -0.135. The minimum absolute atomic E-state index is 0.160. The molecule has 80 valence electrons. The van der Waals surface area contributed by atoms with E-state index in [1.807, 2.05) is 12.1 Å². The molecule has 0 unspecified atom stereocenters. The van der Waals surface area contributed by atoms with Gasteiger partial charge in [0, 0.05) is 5.56 Å². The quantitative estimate of drug-likeness (QED) is 0.473. The molecule has 0 spiro atoms. The number of rotatable bonds is 3. The number of aliphatic carboxylic acids is 1. The minimum Gasteiger partial charge on any atom is -0.481 e. The van der Waals surface area contributed by atoms with E-state index in [0.29, 0.717) is 6.29 Å². The van der Waals surface area contributed by atoms with Gasteiger partial charge in [0.1, 0.15) is 12.7 Å². The van der Waals surface area contributed by atoms with Gasteiger partial charge in [-0.2, -0.15) is 0 Å². The number of allylic oxidation sites excluding steroid dienone is 1. The summed E-state index contributed by atoms with van der Waals surface area (Å²) in [7, 11) is 0. The van der Waals surface area contributed by atoms with Gasteiger partial charge in [-0.05, 0) is 23.8 Å². The molecule has 0 aliphatic carbocycles. The van der Waals surface area contributed by atoms with Crippen molar-refractivity contribution in [2.45, 2.75) is 6.42 Å². The Morgan fingerprint density at radius 1 is 1.31 bits per heavy atom. The Hall–Kier alpha value is -2.34. The lowest BCUT2D eigenvalue weighted by Crippen LogP contribution is -1.90. The Balaban J connectivity index is 2.70. The topological polar surface area (TPSA) is 54.4 Å². The zero-order chi connectivity index (χ0) is 11.8. The zero-order valence-corrected chi connectivity index (χ0v) is 8.51. The first-order chi connectivity index (χ1) is 7.72. The third kappa shape index (κ3) is 4.25. The fourth-order valence-electron chi connectivity index (χ4n) is 1.05. The van der Waals surface area contributed by atoms with E-state index in [4.69, 9.17) is 5.11 Å². The van der Waals surface area contributed by atoms with Crippen LogP contribution in [-0.4, -0.2) is 17.4 Å². The van der Waals surface area contributed by atoms with Crippen LogP contribution in [0.5, 0.6) is 0 Å². The molecule has 0 heterocycles. The van der Waals surface area contributed by atoms with Crippen LogP contribution in [0.3, 0.4) is 0 Å². The van der Waals surface area contributed by atoms with E-state index >= 15 is 0 Å². The Bertz CT molecular complexity index is 458. The fraction of sp³-hybridized carbons (Fsp3) is 0.0769. The summed E-state index contributed by atoms with van der Waals surface area (Å²) in [5, 5.41) is 8.39. The molecule has 16 heavy (non-hydrogen) atoms. The van der Waals surface area contributed by atoms with Crippen LogP contribution in [0.1, 0.15) is 17.5 Å². The highest BCUT2D eigenvalue weighted by molar-refractivity contribution is 5.74. The lowest BCUT2D eigenvalue weighted by Gasteiger charge is -1.92. The minimum atomic E-state index is -0.932. The fourth-order valence-corrected chi connectivity index (χ4v) is 1.05. The SMILES string of the molecule is O=C/C=C/c1ccc(C#CCC(=O)O)cc1. The summed E-state index contributed by atoms with van der Waals surface area (Å²) < 4.78 is 0. The average Bonchev–Trinajstić information content (AvgIpc) is 2.27. The molecule has 0 amide bonds. The lowest BCUT2D eigenvalue weighted by atomic mass is 10.1. The van der Waals surface area contributed by atoms with Gasteiger partial charge in [0.15, 0.2) is 0 Å². The molecule has 1 aromatic rings. The molecule has 3 nitrogen and oxygen atoms in total. The molecular weight excluding hydrogens is 204 g/mol. The zero-order valence-electron chi connectivity index (χ0n) is 8.51. The number of hydrogen-bond acceptors (Lipinski definition) is 2. The van der Waals surface area contributed by atoms with Gasteiger partial charge in [0.25, 0.3) is 0 Å². The van der Waals surface area contributed by atoms with Crippen molar-refractivity contribution in [2.24, 2.45) is 0 Å². The maximum atomic E-state index is 10.2. The van der Waals surface area contributed by atoms with Crippen LogP contribution < -0.4 is 0 Å². The van der Waals surface area contributed by atoms with E-state index in [1.165, 1.54) is 6.08 Å². The summed E-state index contributed by atoms with van der Waals surface area (Å²) in [5.41, 5.74) is 1.65. The van der Waals surface area contributed by atoms with E-state index < -0.39 is 5.97 Å². The molecule has 0 aliphatic rings. The number of carbonyl (C=O) groups is 2. The van der Waals surface area contributed by atoms with Gasteiger partial charge in [0.05, 0.1) is 0 Å². The average molecular weight is 214 g/mol. The van der Waals surface area contributed by atoms with Crippen LogP contribution in [0.4, 0.5) is 0 Å². The first-order valence-electron chi connectivity index (χ1n) is 4.65. The molecule has 0 radical (unpaired) electrons. The van der Waals surface area contributed by atoms with Crippen LogP contribution >= 0.6 is 0 Å². The summed E-state index contributed by atoms with van der Waals surface area (Å²) in [6.07, 6.45) is 3.64. The molecule has 0 aromatic heterocycles. The van der Waals surface area contributed by atoms with Crippen molar-refractivity contribution in [3.05, 3.63) is 41.5 Å². The van der Waals surface area contributed by atoms with Crippen molar-refractivity contribution in [2.75, 3.05) is 0 Å². The van der Waals surface area contributed by atoms with Gasteiger partial charge in [-0.3, -0.25) is 9.59 Å².